The number of aromatic nitrogens is 2. The number of benzene rings is 1. The average molecular weight is 293 g/mol. The van der Waals surface area contributed by atoms with E-state index < -0.39 is 6.10 Å². The highest BCUT2D eigenvalue weighted by molar-refractivity contribution is 7.00. The van der Waals surface area contributed by atoms with Gasteiger partial charge in [0.05, 0.1) is 17.8 Å². The summed E-state index contributed by atoms with van der Waals surface area (Å²) in [6, 6.07) is 5.10. The van der Waals surface area contributed by atoms with Crippen molar-refractivity contribution in [1.29, 1.82) is 0 Å². The van der Waals surface area contributed by atoms with E-state index >= 15 is 0 Å². The van der Waals surface area contributed by atoms with E-state index in [4.69, 9.17) is 5.11 Å². The van der Waals surface area contributed by atoms with Crippen molar-refractivity contribution in [2.24, 2.45) is 5.92 Å². The number of aliphatic hydroxyl groups is 2. The van der Waals surface area contributed by atoms with Crippen LogP contribution in [0.3, 0.4) is 0 Å². The van der Waals surface area contributed by atoms with Crippen LogP contribution in [0.25, 0.3) is 11.0 Å². The summed E-state index contributed by atoms with van der Waals surface area (Å²) in [4.78, 5) is 12.2. The Balaban J connectivity index is 1.70. The van der Waals surface area contributed by atoms with Crippen molar-refractivity contribution < 1.29 is 15.0 Å². The first-order chi connectivity index (χ1) is 9.67. The van der Waals surface area contributed by atoms with E-state index in [1.807, 2.05) is 0 Å². The summed E-state index contributed by atoms with van der Waals surface area (Å²) in [5, 5.41) is 21.7. The van der Waals surface area contributed by atoms with Gasteiger partial charge in [-0.25, -0.2) is 0 Å². The Hall–Kier alpha value is -1.57. The van der Waals surface area contributed by atoms with E-state index in [0.29, 0.717) is 23.9 Å². The molecule has 1 heterocycles. The molecule has 7 heteroatoms. The zero-order valence-electron chi connectivity index (χ0n) is 10.7. The van der Waals surface area contributed by atoms with Gasteiger partial charge in [0.15, 0.2) is 0 Å². The number of carbonyl (C=O) groups excluding carboxylic acids is 1. The van der Waals surface area contributed by atoms with Gasteiger partial charge in [-0.15, -0.1) is 0 Å². The van der Waals surface area contributed by atoms with Crippen molar-refractivity contribution >= 4 is 28.7 Å². The number of rotatable bonds is 3. The van der Waals surface area contributed by atoms with Crippen LogP contribution in [0.5, 0.6) is 0 Å². The second-order valence-corrected chi connectivity index (χ2v) is 5.65. The lowest BCUT2D eigenvalue weighted by Gasteiger charge is -2.12. The fourth-order valence-corrected chi connectivity index (χ4v) is 3.13. The summed E-state index contributed by atoms with van der Waals surface area (Å²) in [6.45, 7) is -0.0516. The Morgan fingerprint density at radius 3 is 2.90 bits per heavy atom. The van der Waals surface area contributed by atoms with Gasteiger partial charge < -0.3 is 15.5 Å². The van der Waals surface area contributed by atoms with Gasteiger partial charge in [-0.1, -0.05) is 0 Å². The zero-order valence-corrected chi connectivity index (χ0v) is 11.5. The molecular weight excluding hydrogens is 278 g/mol. The minimum Gasteiger partial charge on any atom is -0.396 e. The molecular formula is C13H15N3O3S. The lowest BCUT2D eigenvalue weighted by molar-refractivity contribution is 0.0903. The second-order valence-electron chi connectivity index (χ2n) is 5.12. The molecule has 1 aliphatic rings. The highest BCUT2D eigenvalue weighted by Crippen LogP contribution is 2.26. The molecule has 1 fully saturated rings. The van der Waals surface area contributed by atoms with Gasteiger partial charge in [-0.05, 0) is 31.0 Å². The largest absolute Gasteiger partial charge is 0.396 e. The molecule has 0 bridgehead atoms. The standard InChI is InChI=1S/C13H15N3O3S/c17-6-8-3-9(5-12(8)18)14-13(19)7-1-2-10-11(4-7)16-20-15-10/h1-2,4,8-9,12,17-18H,3,5-6H2,(H,14,19)/t8-,9+,12+/m0/s1. The van der Waals surface area contributed by atoms with Gasteiger partial charge in [0.2, 0.25) is 0 Å². The molecule has 0 unspecified atom stereocenters. The average Bonchev–Trinajstić information content (AvgIpc) is 3.03. The lowest BCUT2D eigenvalue weighted by atomic mass is 10.1. The van der Waals surface area contributed by atoms with Crippen LogP contribution >= 0.6 is 11.7 Å². The van der Waals surface area contributed by atoms with Gasteiger partial charge in [-0.2, -0.15) is 8.75 Å². The van der Waals surface area contributed by atoms with E-state index in [9.17, 15) is 9.90 Å². The predicted molar refractivity (Wildman–Crippen MR) is 74.5 cm³/mol. The number of aliphatic hydroxyl groups excluding tert-OH is 2. The molecule has 3 N–H and O–H groups in total. The molecule has 6 nitrogen and oxygen atoms in total. The SMILES string of the molecule is O=C(N[C@@H]1C[C@@H](CO)[C@H](O)C1)c1ccc2nsnc2c1. The van der Waals surface area contributed by atoms with E-state index in [0.717, 1.165) is 17.2 Å². The number of hydrogen-bond donors (Lipinski definition) is 3. The first-order valence-electron chi connectivity index (χ1n) is 6.49. The van der Waals surface area contributed by atoms with Gasteiger partial charge in [0, 0.05) is 24.1 Å². The Kier molecular flexibility index (Phi) is 3.64. The van der Waals surface area contributed by atoms with Crippen molar-refractivity contribution in [3.8, 4) is 0 Å². The van der Waals surface area contributed by atoms with Crippen LogP contribution in [-0.4, -0.2) is 43.6 Å². The second kappa shape index (κ2) is 5.43. The van der Waals surface area contributed by atoms with Crippen molar-refractivity contribution in [1.82, 2.24) is 14.1 Å². The number of amides is 1. The maximum absolute atomic E-state index is 12.2. The van der Waals surface area contributed by atoms with Crippen LogP contribution in [0.15, 0.2) is 18.2 Å². The summed E-state index contributed by atoms with van der Waals surface area (Å²) >= 11 is 1.12. The molecule has 2 aromatic rings. The van der Waals surface area contributed by atoms with E-state index in [-0.39, 0.29) is 24.5 Å². The number of hydrogen-bond acceptors (Lipinski definition) is 6. The number of fused-ring (bicyclic) bond motifs is 1. The van der Waals surface area contributed by atoms with Gasteiger partial charge >= 0.3 is 0 Å². The van der Waals surface area contributed by atoms with E-state index in [1.165, 1.54) is 0 Å². The molecule has 3 atom stereocenters. The van der Waals surface area contributed by atoms with Crippen LogP contribution in [0.2, 0.25) is 0 Å². The molecule has 0 spiro atoms. The number of carbonyl (C=O) groups is 1. The Bertz CT molecular complexity index is 630. The molecule has 0 saturated heterocycles. The van der Waals surface area contributed by atoms with Crippen LogP contribution in [0, 0.1) is 5.92 Å². The summed E-state index contributed by atoms with van der Waals surface area (Å²) < 4.78 is 8.20. The number of nitrogens with one attached hydrogen (secondary N) is 1. The molecule has 106 valence electrons. The zero-order chi connectivity index (χ0) is 14.1. The molecule has 1 saturated carbocycles. The van der Waals surface area contributed by atoms with E-state index in [1.54, 1.807) is 18.2 Å². The van der Waals surface area contributed by atoms with Crippen LogP contribution in [0.4, 0.5) is 0 Å². The minimum atomic E-state index is -0.546. The van der Waals surface area contributed by atoms with Crippen LogP contribution in [-0.2, 0) is 0 Å². The lowest BCUT2D eigenvalue weighted by Crippen LogP contribution is -2.33. The van der Waals surface area contributed by atoms with Crippen LogP contribution in [0.1, 0.15) is 23.2 Å². The molecule has 1 aromatic carbocycles. The maximum Gasteiger partial charge on any atom is 0.251 e. The Labute approximate surface area is 119 Å². The summed E-state index contributed by atoms with van der Waals surface area (Å²) in [7, 11) is 0. The molecule has 1 amide bonds. The highest BCUT2D eigenvalue weighted by atomic mass is 32.1. The smallest absolute Gasteiger partial charge is 0.251 e. The fraction of sp³-hybridized carbons (Fsp3) is 0.462. The van der Waals surface area contributed by atoms with Crippen LogP contribution < -0.4 is 5.32 Å². The topological polar surface area (TPSA) is 95.3 Å². The van der Waals surface area contributed by atoms with Crippen molar-refractivity contribution in [3.05, 3.63) is 23.8 Å². The summed E-state index contributed by atoms with van der Waals surface area (Å²) in [5.41, 5.74) is 2.03. The summed E-state index contributed by atoms with van der Waals surface area (Å²) in [6.07, 6.45) is 0.539. The first-order valence-corrected chi connectivity index (χ1v) is 7.22. The van der Waals surface area contributed by atoms with Gasteiger partial charge in [0.1, 0.15) is 11.0 Å². The third-order valence-corrected chi connectivity index (χ3v) is 4.30. The molecule has 20 heavy (non-hydrogen) atoms. The van der Waals surface area contributed by atoms with Crippen molar-refractivity contribution in [2.45, 2.75) is 25.0 Å². The van der Waals surface area contributed by atoms with Crippen molar-refractivity contribution in [2.75, 3.05) is 6.61 Å². The molecule has 0 aliphatic heterocycles. The fourth-order valence-electron chi connectivity index (χ4n) is 2.61. The van der Waals surface area contributed by atoms with Crippen molar-refractivity contribution in [3.63, 3.8) is 0 Å². The normalized spacial score (nSPS) is 26.0. The van der Waals surface area contributed by atoms with Gasteiger partial charge in [0.25, 0.3) is 5.91 Å². The predicted octanol–water partition coefficient (Wildman–Crippen LogP) is 0.553. The third-order valence-electron chi connectivity index (χ3n) is 3.74. The monoisotopic (exact) mass is 293 g/mol. The Morgan fingerprint density at radius 2 is 2.15 bits per heavy atom. The molecule has 0 radical (unpaired) electrons. The molecule has 1 aromatic heterocycles. The minimum absolute atomic E-state index is 0.0516. The quantitative estimate of drug-likeness (QED) is 0.768. The maximum atomic E-state index is 12.2. The third kappa shape index (κ3) is 2.52. The molecule has 1 aliphatic carbocycles. The first kappa shape index (κ1) is 13.4. The van der Waals surface area contributed by atoms with E-state index in [2.05, 4.69) is 14.1 Å². The molecule has 3 rings (SSSR count). The van der Waals surface area contributed by atoms with Gasteiger partial charge in [-0.3, -0.25) is 4.79 Å². The Morgan fingerprint density at radius 1 is 1.35 bits per heavy atom. The number of nitrogens with zero attached hydrogens (tertiary/aromatic N) is 2. The highest BCUT2D eigenvalue weighted by Gasteiger charge is 2.33. The summed E-state index contributed by atoms with van der Waals surface area (Å²) in [5.74, 6) is -0.332.